The Morgan fingerprint density at radius 2 is 2.24 bits per heavy atom. The molecule has 0 radical (unpaired) electrons. The lowest BCUT2D eigenvalue weighted by molar-refractivity contribution is 0.172. The van der Waals surface area contributed by atoms with E-state index in [1.54, 1.807) is 7.11 Å². The number of nitrogens with one attached hydrogen (secondary N) is 1. The monoisotopic (exact) mass is 399 g/mol. The van der Waals surface area contributed by atoms with Gasteiger partial charge in [-0.05, 0) is 30.0 Å². The number of piperidine rings is 1. The molecule has 0 amide bonds. The second-order valence-electron chi connectivity index (χ2n) is 7.53. The number of benzene rings is 1. The molecule has 1 aromatic carbocycles. The largest absolute Gasteiger partial charge is 0.493 e. The van der Waals surface area contributed by atoms with Crippen LogP contribution in [0.5, 0.6) is 5.75 Å². The van der Waals surface area contributed by atoms with Crippen LogP contribution in [0.25, 0.3) is 0 Å². The van der Waals surface area contributed by atoms with Crippen molar-refractivity contribution in [3.05, 3.63) is 48.5 Å². The van der Waals surface area contributed by atoms with Crippen molar-refractivity contribution in [1.82, 2.24) is 19.8 Å². The summed E-state index contributed by atoms with van der Waals surface area (Å²) in [6, 6.07) is 8.62. The number of nitrogens with zero attached hydrogens (tertiary/aromatic N) is 4. The van der Waals surface area contributed by atoms with Crippen molar-refractivity contribution >= 4 is 5.96 Å². The summed E-state index contributed by atoms with van der Waals surface area (Å²) in [6.45, 7) is 6.34. The van der Waals surface area contributed by atoms with Gasteiger partial charge in [0.05, 0.1) is 19.0 Å². The Kier molecular flexibility index (Phi) is 7.93. The summed E-state index contributed by atoms with van der Waals surface area (Å²) in [5, 5.41) is 3.52. The molecule has 0 bridgehead atoms. The fraction of sp³-hybridized carbons (Fsp3) is 0.545. The van der Waals surface area contributed by atoms with Gasteiger partial charge in [0.25, 0.3) is 0 Å². The minimum atomic E-state index is 0.411. The third kappa shape index (κ3) is 5.97. The Hall–Kier alpha value is -2.54. The Balaban J connectivity index is 1.55. The molecule has 7 heteroatoms. The van der Waals surface area contributed by atoms with Crippen LogP contribution >= 0.6 is 0 Å². The van der Waals surface area contributed by atoms with Crippen LogP contribution in [-0.2, 0) is 11.3 Å². The van der Waals surface area contributed by atoms with Gasteiger partial charge in [-0.25, -0.2) is 4.98 Å². The van der Waals surface area contributed by atoms with Gasteiger partial charge in [-0.3, -0.25) is 4.99 Å². The SMILES string of the molecule is CN=C(NCc1cccc(OCCCOC)c1)N1CCC(C)C(n2ccnc2)C1. The van der Waals surface area contributed by atoms with Crippen LogP contribution in [0, 0.1) is 5.92 Å². The highest BCUT2D eigenvalue weighted by atomic mass is 16.5. The molecule has 2 aromatic rings. The molecule has 158 valence electrons. The summed E-state index contributed by atoms with van der Waals surface area (Å²) in [5.41, 5.74) is 1.17. The van der Waals surface area contributed by atoms with E-state index < -0.39 is 0 Å². The Labute approximate surface area is 173 Å². The molecule has 1 aliphatic heterocycles. The molecule has 1 fully saturated rings. The zero-order valence-corrected chi connectivity index (χ0v) is 17.8. The predicted molar refractivity (Wildman–Crippen MR) is 115 cm³/mol. The number of aliphatic imine (C=N–C) groups is 1. The minimum absolute atomic E-state index is 0.411. The van der Waals surface area contributed by atoms with E-state index in [9.17, 15) is 0 Å². The second-order valence-corrected chi connectivity index (χ2v) is 7.53. The number of rotatable bonds is 8. The third-order valence-electron chi connectivity index (χ3n) is 5.45. The Morgan fingerprint density at radius 1 is 1.34 bits per heavy atom. The van der Waals surface area contributed by atoms with Crippen molar-refractivity contribution in [3.63, 3.8) is 0 Å². The fourth-order valence-electron chi connectivity index (χ4n) is 3.75. The molecule has 2 unspecified atom stereocenters. The minimum Gasteiger partial charge on any atom is -0.493 e. The first-order valence-corrected chi connectivity index (χ1v) is 10.3. The van der Waals surface area contributed by atoms with E-state index in [1.165, 1.54) is 5.56 Å². The molecule has 7 nitrogen and oxygen atoms in total. The lowest BCUT2D eigenvalue weighted by atomic mass is 9.93. The topological polar surface area (TPSA) is 63.9 Å². The van der Waals surface area contributed by atoms with Crippen LogP contribution in [0.4, 0.5) is 0 Å². The van der Waals surface area contributed by atoms with Gasteiger partial charge in [0.1, 0.15) is 5.75 Å². The maximum Gasteiger partial charge on any atom is 0.193 e. The van der Waals surface area contributed by atoms with Gasteiger partial charge < -0.3 is 24.3 Å². The van der Waals surface area contributed by atoms with Crippen molar-refractivity contribution in [3.8, 4) is 5.75 Å². The van der Waals surface area contributed by atoms with Crippen molar-refractivity contribution in [2.75, 3.05) is 40.5 Å². The molecule has 0 aliphatic carbocycles. The number of guanidine groups is 1. The highest BCUT2D eigenvalue weighted by Gasteiger charge is 2.28. The molecule has 1 N–H and O–H groups in total. The number of ether oxygens (including phenoxy) is 2. The maximum absolute atomic E-state index is 5.81. The lowest BCUT2D eigenvalue weighted by Gasteiger charge is -2.39. The van der Waals surface area contributed by atoms with Crippen molar-refractivity contribution in [2.24, 2.45) is 10.9 Å². The van der Waals surface area contributed by atoms with Crippen LogP contribution in [-0.4, -0.2) is 60.9 Å². The fourth-order valence-corrected chi connectivity index (χ4v) is 3.75. The van der Waals surface area contributed by atoms with Gasteiger partial charge in [0, 0.05) is 59.2 Å². The zero-order chi connectivity index (χ0) is 20.5. The normalized spacial score (nSPS) is 20.0. The molecule has 1 aliphatic rings. The van der Waals surface area contributed by atoms with Crippen LogP contribution in [0.3, 0.4) is 0 Å². The maximum atomic E-state index is 5.81. The standard InChI is InChI=1S/C22H33N5O2/c1-18-8-10-26(16-21(18)27-11-9-24-17-27)22(23-2)25-15-19-6-4-7-20(14-19)29-13-5-12-28-3/h4,6-7,9,11,14,17-18,21H,5,8,10,12-13,15-16H2,1-3H3,(H,23,25). The lowest BCUT2D eigenvalue weighted by Crippen LogP contribution is -2.48. The number of likely N-dealkylation sites (tertiary alicyclic amines) is 1. The average Bonchev–Trinajstić information content (AvgIpc) is 3.28. The smallest absolute Gasteiger partial charge is 0.193 e. The molecular weight excluding hydrogens is 366 g/mol. The Morgan fingerprint density at radius 3 is 3.00 bits per heavy atom. The van der Waals surface area contributed by atoms with Gasteiger partial charge in [0.2, 0.25) is 0 Å². The van der Waals surface area contributed by atoms with Gasteiger partial charge in [-0.1, -0.05) is 19.1 Å². The van der Waals surface area contributed by atoms with Gasteiger partial charge in [-0.2, -0.15) is 0 Å². The highest BCUT2D eigenvalue weighted by Crippen LogP contribution is 2.27. The Bertz CT molecular complexity index is 762. The van der Waals surface area contributed by atoms with E-state index in [-0.39, 0.29) is 0 Å². The van der Waals surface area contributed by atoms with Crippen LogP contribution in [0.2, 0.25) is 0 Å². The predicted octanol–water partition coefficient (Wildman–Crippen LogP) is 2.96. The average molecular weight is 400 g/mol. The summed E-state index contributed by atoms with van der Waals surface area (Å²) in [5.74, 6) is 2.45. The number of imidazole rings is 1. The number of hydrogen-bond donors (Lipinski definition) is 1. The molecule has 29 heavy (non-hydrogen) atoms. The molecular formula is C22H33N5O2. The van der Waals surface area contributed by atoms with Crippen molar-refractivity contribution in [1.29, 1.82) is 0 Å². The molecule has 0 spiro atoms. The highest BCUT2D eigenvalue weighted by molar-refractivity contribution is 5.80. The van der Waals surface area contributed by atoms with Crippen molar-refractivity contribution in [2.45, 2.75) is 32.4 Å². The van der Waals surface area contributed by atoms with Gasteiger partial charge in [-0.15, -0.1) is 0 Å². The van der Waals surface area contributed by atoms with E-state index in [2.05, 4.69) is 50.0 Å². The molecule has 1 aromatic heterocycles. The van der Waals surface area contributed by atoms with E-state index in [0.717, 1.165) is 37.6 Å². The molecule has 3 rings (SSSR count). The summed E-state index contributed by atoms with van der Waals surface area (Å²) in [7, 11) is 3.56. The van der Waals surface area contributed by atoms with Gasteiger partial charge in [0.15, 0.2) is 5.96 Å². The molecule has 2 atom stereocenters. The second kappa shape index (κ2) is 10.9. The summed E-state index contributed by atoms with van der Waals surface area (Å²) >= 11 is 0. The first kappa shape index (κ1) is 21.2. The van der Waals surface area contributed by atoms with Crippen LogP contribution in [0.1, 0.15) is 31.4 Å². The van der Waals surface area contributed by atoms with E-state index in [4.69, 9.17) is 9.47 Å². The van der Waals surface area contributed by atoms with Crippen LogP contribution < -0.4 is 10.1 Å². The first-order valence-electron chi connectivity index (χ1n) is 10.3. The summed E-state index contributed by atoms with van der Waals surface area (Å²) in [6.07, 6.45) is 7.84. The molecule has 0 saturated carbocycles. The van der Waals surface area contributed by atoms with E-state index in [1.807, 2.05) is 31.7 Å². The molecule has 1 saturated heterocycles. The summed E-state index contributed by atoms with van der Waals surface area (Å²) in [4.78, 5) is 11.1. The third-order valence-corrected chi connectivity index (χ3v) is 5.45. The first-order chi connectivity index (χ1) is 14.2. The van der Waals surface area contributed by atoms with E-state index >= 15 is 0 Å². The summed E-state index contributed by atoms with van der Waals surface area (Å²) < 4.78 is 13.1. The number of hydrogen-bond acceptors (Lipinski definition) is 4. The zero-order valence-electron chi connectivity index (χ0n) is 17.8. The van der Waals surface area contributed by atoms with Gasteiger partial charge >= 0.3 is 0 Å². The quantitative estimate of drug-likeness (QED) is 0.420. The molecule has 2 heterocycles. The van der Waals surface area contributed by atoms with E-state index in [0.29, 0.717) is 31.7 Å². The number of aromatic nitrogens is 2. The van der Waals surface area contributed by atoms with Crippen molar-refractivity contribution < 1.29 is 9.47 Å². The van der Waals surface area contributed by atoms with Crippen LogP contribution in [0.15, 0.2) is 48.0 Å². The number of methoxy groups -OCH3 is 1.